The van der Waals surface area contributed by atoms with Crippen LogP contribution in [0.2, 0.25) is 0 Å². The van der Waals surface area contributed by atoms with E-state index in [1.54, 1.807) is 13.1 Å². The first-order valence-electron chi connectivity index (χ1n) is 6.85. The minimum Gasteiger partial charge on any atom is -0.359 e. The zero-order chi connectivity index (χ0) is 15.5. The minimum absolute atomic E-state index is 0.0324. The summed E-state index contributed by atoms with van der Waals surface area (Å²) >= 11 is 0. The Balaban J connectivity index is 2.08. The van der Waals surface area contributed by atoms with Gasteiger partial charge in [0.15, 0.2) is 0 Å². The summed E-state index contributed by atoms with van der Waals surface area (Å²) in [6.07, 6.45) is 0. The van der Waals surface area contributed by atoms with Crippen LogP contribution in [0, 0.1) is 5.41 Å². The lowest BCUT2D eigenvalue weighted by molar-refractivity contribution is -0.128. The van der Waals surface area contributed by atoms with Gasteiger partial charge in [0.25, 0.3) is 5.56 Å². The Hall–Kier alpha value is -2.21. The highest BCUT2D eigenvalue weighted by Gasteiger charge is 2.25. The number of rotatable bonds is 5. The number of fused-ring (bicyclic) bond motifs is 1. The van der Waals surface area contributed by atoms with Crippen LogP contribution in [0.3, 0.4) is 0 Å². The molecule has 2 aromatic rings. The number of aromatic nitrogens is 2. The van der Waals surface area contributed by atoms with Gasteiger partial charge in [0.1, 0.15) is 5.82 Å². The molecule has 0 aliphatic rings. The number of hydrogen-bond acceptors (Lipinski definition) is 4. The summed E-state index contributed by atoms with van der Waals surface area (Å²) in [5, 5.41) is 6.37. The minimum atomic E-state index is -0.522. The van der Waals surface area contributed by atoms with Gasteiger partial charge in [0.2, 0.25) is 5.91 Å². The van der Waals surface area contributed by atoms with Crippen molar-refractivity contribution in [3.05, 3.63) is 40.4 Å². The maximum atomic E-state index is 11.9. The molecule has 0 aliphatic carbocycles. The molecule has 0 unspecified atom stereocenters. The van der Waals surface area contributed by atoms with Crippen LogP contribution in [-0.4, -0.2) is 29.5 Å². The third kappa shape index (κ3) is 3.46. The number of hydrogen-bond donors (Lipinski definition) is 3. The molecule has 0 radical (unpaired) electrons. The first-order valence-corrected chi connectivity index (χ1v) is 6.85. The summed E-state index contributed by atoms with van der Waals surface area (Å²) in [7, 11) is 1.62. The second kappa shape index (κ2) is 6.05. The van der Waals surface area contributed by atoms with Crippen molar-refractivity contribution in [2.75, 3.05) is 13.6 Å². The maximum Gasteiger partial charge on any atom is 0.258 e. The summed E-state index contributed by atoms with van der Waals surface area (Å²) in [6.45, 7) is 4.61. The Bertz CT molecular complexity index is 706. The normalized spacial score (nSPS) is 11.6. The summed E-state index contributed by atoms with van der Waals surface area (Å²) in [5.41, 5.74) is -0.00196. The molecule has 0 atom stereocenters. The predicted molar refractivity (Wildman–Crippen MR) is 81.9 cm³/mol. The zero-order valence-corrected chi connectivity index (χ0v) is 12.5. The Morgan fingerprint density at radius 2 is 2.05 bits per heavy atom. The molecule has 0 saturated heterocycles. The third-order valence-corrected chi connectivity index (χ3v) is 3.36. The van der Waals surface area contributed by atoms with Gasteiger partial charge in [0.05, 0.1) is 22.9 Å². The number of amides is 1. The smallest absolute Gasteiger partial charge is 0.258 e. The molecule has 6 heteroatoms. The lowest BCUT2D eigenvalue weighted by Gasteiger charge is -2.22. The van der Waals surface area contributed by atoms with Gasteiger partial charge in [-0.05, 0) is 26.0 Å². The molecule has 21 heavy (non-hydrogen) atoms. The Morgan fingerprint density at radius 3 is 2.76 bits per heavy atom. The Labute approximate surface area is 123 Å². The van der Waals surface area contributed by atoms with Crippen molar-refractivity contribution in [3.8, 4) is 0 Å². The van der Waals surface area contributed by atoms with Crippen molar-refractivity contribution in [2.24, 2.45) is 5.41 Å². The van der Waals surface area contributed by atoms with Crippen LogP contribution in [0.15, 0.2) is 29.1 Å². The van der Waals surface area contributed by atoms with Crippen molar-refractivity contribution < 1.29 is 4.79 Å². The molecular weight excluding hydrogens is 268 g/mol. The Morgan fingerprint density at radius 1 is 1.33 bits per heavy atom. The topological polar surface area (TPSA) is 86.9 Å². The summed E-state index contributed by atoms with van der Waals surface area (Å²) in [5.74, 6) is 0.529. The molecule has 2 rings (SSSR count). The number of carbonyl (C=O) groups excluding carboxylic acids is 1. The second-order valence-electron chi connectivity index (χ2n) is 5.60. The van der Waals surface area contributed by atoms with Gasteiger partial charge in [0, 0.05) is 13.6 Å². The van der Waals surface area contributed by atoms with Crippen LogP contribution in [0.25, 0.3) is 10.9 Å². The van der Waals surface area contributed by atoms with Gasteiger partial charge >= 0.3 is 0 Å². The predicted octanol–water partition coefficient (Wildman–Crippen LogP) is 0.785. The molecule has 0 saturated carbocycles. The fourth-order valence-electron chi connectivity index (χ4n) is 2.13. The highest BCUT2D eigenvalue weighted by atomic mass is 16.2. The molecule has 3 N–H and O–H groups in total. The van der Waals surface area contributed by atoms with E-state index in [1.807, 2.05) is 32.0 Å². The van der Waals surface area contributed by atoms with Crippen LogP contribution >= 0.6 is 0 Å². The molecule has 1 aromatic heterocycles. The highest BCUT2D eigenvalue weighted by Crippen LogP contribution is 2.13. The number of aromatic amines is 1. The van der Waals surface area contributed by atoms with Crippen LogP contribution in [-0.2, 0) is 11.3 Å². The van der Waals surface area contributed by atoms with E-state index in [0.717, 1.165) is 0 Å². The maximum absolute atomic E-state index is 11.9. The molecule has 0 bridgehead atoms. The lowest BCUT2D eigenvalue weighted by atomic mass is 9.92. The number of nitrogens with zero attached hydrogens (tertiary/aromatic N) is 1. The fraction of sp³-hybridized carbons (Fsp3) is 0.400. The van der Waals surface area contributed by atoms with Crippen LogP contribution < -0.4 is 16.2 Å². The van der Waals surface area contributed by atoms with Gasteiger partial charge in [-0.2, -0.15) is 0 Å². The van der Waals surface area contributed by atoms with E-state index < -0.39 is 5.41 Å². The van der Waals surface area contributed by atoms with Crippen molar-refractivity contribution in [1.29, 1.82) is 0 Å². The number of benzene rings is 1. The highest BCUT2D eigenvalue weighted by molar-refractivity contribution is 5.81. The number of carbonyl (C=O) groups is 1. The van der Waals surface area contributed by atoms with Gasteiger partial charge < -0.3 is 15.6 Å². The van der Waals surface area contributed by atoms with E-state index in [9.17, 15) is 9.59 Å². The molecule has 1 amide bonds. The van der Waals surface area contributed by atoms with Crippen molar-refractivity contribution in [3.63, 3.8) is 0 Å². The average molecular weight is 288 g/mol. The first kappa shape index (κ1) is 15.2. The van der Waals surface area contributed by atoms with E-state index in [2.05, 4.69) is 20.6 Å². The largest absolute Gasteiger partial charge is 0.359 e. The van der Waals surface area contributed by atoms with Gasteiger partial charge in [-0.15, -0.1) is 0 Å². The van der Waals surface area contributed by atoms with Crippen LogP contribution in [0.4, 0.5) is 0 Å². The summed E-state index contributed by atoms with van der Waals surface area (Å²) in [6, 6.07) is 7.21. The Kier molecular flexibility index (Phi) is 4.37. The molecule has 0 spiro atoms. The lowest BCUT2D eigenvalue weighted by Crippen LogP contribution is -2.42. The van der Waals surface area contributed by atoms with E-state index in [1.165, 1.54) is 0 Å². The monoisotopic (exact) mass is 288 g/mol. The van der Waals surface area contributed by atoms with Crippen molar-refractivity contribution in [1.82, 2.24) is 20.6 Å². The van der Waals surface area contributed by atoms with Gasteiger partial charge in [-0.1, -0.05) is 12.1 Å². The van der Waals surface area contributed by atoms with Crippen LogP contribution in [0.1, 0.15) is 19.7 Å². The zero-order valence-electron chi connectivity index (χ0n) is 12.5. The number of H-pyrrole nitrogens is 1. The van der Waals surface area contributed by atoms with Crippen LogP contribution in [0.5, 0.6) is 0 Å². The van der Waals surface area contributed by atoms with Crippen molar-refractivity contribution >= 4 is 16.8 Å². The third-order valence-electron chi connectivity index (χ3n) is 3.36. The average Bonchev–Trinajstić information content (AvgIpc) is 2.46. The van der Waals surface area contributed by atoms with E-state index >= 15 is 0 Å². The second-order valence-corrected chi connectivity index (χ2v) is 5.60. The van der Waals surface area contributed by atoms with E-state index in [-0.39, 0.29) is 11.5 Å². The van der Waals surface area contributed by atoms with Crippen molar-refractivity contribution in [2.45, 2.75) is 20.4 Å². The van der Waals surface area contributed by atoms with Gasteiger partial charge in [-0.3, -0.25) is 9.59 Å². The molecule has 6 nitrogen and oxygen atoms in total. The first-order chi connectivity index (χ1) is 9.94. The molecular formula is C15H20N4O2. The molecule has 1 aromatic carbocycles. The van der Waals surface area contributed by atoms with E-state index in [0.29, 0.717) is 29.8 Å². The molecule has 1 heterocycles. The standard InChI is InChI=1S/C15H20N4O2/c1-15(2,14(21)16-3)9-17-8-12-18-11-7-5-4-6-10(11)13(20)19-12/h4-7,17H,8-9H2,1-3H3,(H,16,21)(H,18,19,20). The number of nitrogens with one attached hydrogen (secondary N) is 3. The SMILES string of the molecule is CNC(=O)C(C)(C)CNCc1nc2ccccc2c(=O)[nH]1. The summed E-state index contributed by atoms with van der Waals surface area (Å²) in [4.78, 5) is 30.8. The fourth-order valence-corrected chi connectivity index (χ4v) is 2.13. The summed E-state index contributed by atoms with van der Waals surface area (Å²) < 4.78 is 0. The molecule has 112 valence electrons. The van der Waals surface area contributed by atoms with E-state index in [4.69, 9.17) is 0 Å². The number of para-hydroxylation sites is 1. The van der Waals surface area contributed by atoms with Gasteiger partial charge in [-0.25, -0.2) is 4.98 Å². The molecule has 0 aliphatic heterocycles. The molecule has 0 fully saturated rings. The quantitative estimate of drug-likeness (QED) is 0.759.